The Kier molecular flexibility index (Phi) is 6.07. The molecule has 1 atom stereocenters. The van der Waals surface area contributed by atoms with Crippen LogP contribution in [0.25, 0.3) is 0 Å². The molecular formula is C20H22N2O6S. The maximum atomic E-state index is 13.0. The third-order valence-electron chi connectivity index (χ3n) is 4.55. The molecule has 1 heterocycles. The molecule has 8 nitrogen and oxygen atoms in total. The molecule has 1 saturated heterocycles. The van der Waals surface area contributed by atoms with Gasteiger partial charge in [-0.25, -0.2) is 13.2 Å². The fourth-order valence-electron chi connectivity index (χ4n) is 3.14. The summed E-state index contributed by atoms with van der Waals surface area (Å²) in [6.07, 6.45) is 0.367. The summed E-state index contributed by atoms with van der Waals surface area (Å²) in [5, 5.41) is 2.77. The van der Waals surface area contributed by atoms with Crippen LogP contribution in [0.15, 0.2) is 47.4 Å². The minimum atomic E-state index is -4.04. The Balaban J connectivity index is 1.90. The molecule has 2 N–H and O–H groups in total. The second-order valence-electron chi connectivity index (χ2n) is 6.52. The Morgan fingerprint density at radius 2 is 2.03 bits per heavy atom. The highest BCUT2D eigenvalue weighted by atomic mass is 32.2. The monoisotopic (exact) mass is 418 g/mol. The van der Waals surface area contributed by atoms with Crippen molar-refractivity contribution in [2.45, 2.75) is 24.2 Å². The number of methoxy groups -OCH3 is 1. The zero-order valence-corrected chi connectivity index (χ0v) is 16.9. The van der Waals surface area contributed by atoms with Crippen LogP contribution in [0.2, 0.25) is 0 Å². The van der Waals surface area contributed by atoms with E-state index in [2.05, 4.69) is 10.0 Å². The summed E-state index contributed by atoms with van der Waals surface area (Å²) in [5.74, 6) is -0.547. The lowest BCUT2D eigenvalue weighted by atomic mass is 9.98. The largest absolute Gasteiger partial charge is 0.495 e. The summed E-state index contributed by atoms with van der Waals surface area (Å²) >= 11 is 0. The van der Waals surface area contributed by atoms with Gasteiger partial charge < -0.3 is 14.8 Å². The highest BCUT2D eigenvalue weighted by Gasteiger charge is 2.25. The molecule has 9 heteroatoms. The Morgan fingerprint density at radius 3 is 2.69 bits per heavy atom. The van der Waals surface area contributed by atoms with E-state index in [1.165, 1.54) is 25.3 Å². The predicted octanol–water partition coefficient (Wildman–Crippen LogP) is 2.28. The van der Waals surface area contributed by atoms with E-state index in [9.17, 15) is 18.0 Å². The number of hydrogen-bond donors (Lipinski definition) is 2. The molecule has 0 saturated carbocycles. The van der Waals surface area contributed by atoms with Gasteiger partial charge >= 0.3 is 5.97 Å². The number of carbonyl (C=O) groups is 2. The number of benzene rings is 2. The number of nitrogens with one attached hydrogen (secondary N) is 2. The van der Waals surface area contributed by atoms with Crippen LogP contribution >= 0.6 is 0 Å². The van der Waals surface area contributed by atoms with E-state index in [1.54, 1.807) is 25.1 Å². The molecule has 2 aromatic rings. The van der Waals surface area contributed by atoms with Gasteiger partial charge in [0.25, 0.3) is 10.0 Å². The predicted molar refractivity (Wildman–Crippen MR) is 107 cm³/mol. The maximum Gasteiger partial charge on any atom is 0.338 e. The molecule has 0 aliphatic carbocycles. The lowest BCUT2D eigenvalue weighted by Gasteiger charge is -2.14. The van der Waals surface area contributed by atoms with E-state index in [0.29, 0.717) is 18.7 Å². The van der Waals surface area contributed by atoms with Gasteiger partial charge in [-0.3, -0.25) is 9.52 Å². The molecule has 29 heavy (non-hydrogen) atoms. The van der Waals surface area contributed by atoms with Gasteiger partial charge in [0.1, 0.15) is 10.6 Å². The highest BCUT2D eigenvalue weighted by Crippen LogP contribution is 2.29. The van der Waals surface area contributed by atoms with Crippen molar-refractivity contribution in [3.63, 3.8) is 0 Å². The summed E-state index contributed by atoms with van der Waals surface area (Å²) in [7, 11) is -2.69. The molecule has 3 rings (SSSR count). The van der Waals surface area contributed by atoms with E-state index in [0.717, 1.165) is 5.56 Å². The average molecular weight is 418 g/mol. The van der Waals surface area contributed by atoms with Gasteiger partial charge in [-0.05, 0) is 42.8 Å². The van der Waals surface area contributed by atoms with Crippen molar-refractivity contribution in [3.05, 3.63) is 53.6 Å². The second kappa shape index (κ2) is 8.52. The van der Waals surface area contributed by atoms with E-state index in [4.69, 9.17) is 9.47 Å². The van der Waals surface area contributed by atoms with E-state index >= 15 is 0 Å². The van der Waals surface area contributed by atoms with Crippen molar-refractivity contribution in [1.29, 1.82) is 0 Å². The summed E-state index contributed by atoms with van der Waals surface area (Å²) in [5.41, 5.74) is 1.32. The van der Waals surface area contributed by atoms with Crippen LogP contribution in [0.4, 0.5) is 5.69 Å². The van der Waals surface area contributed by atoms with Gasteiger partial charge in [0, 0.05) is 24.6 Å². The number of hydrogen-bond acceptors (Lipinski definition) is 6. The second-order valence-corrected chi connectivity index (χ2v) is 8.17. The number of carbonyl (C=O) groups excluding carboxylic acids is 2. The topological polar surface area (TPSA) is 111 Å². The van der Waals surface area contributed by atoms with Crippen LogP contribution < -0.4 is 14.8 Å². The molecule has 0 bridgehead atoms. The van der Waals surface area contributed by atoms with Crippen LogP contribution in [0, 0.1) is 0 Å². The standard InChI is InChI=1S/C20H22N2O6S/c1-3-28-20(24)14-7-8-17(27-2)18(10-14)29(25,26)22-16-6-4-5-13(9-16)15-11-19(23)21-12-15/h4-10,15,22H,3,11-12H2,1-2H3,(H,21,23). The fraction of sp³-hybridized carbons (Fsp3) is 0.300. The Labute approximate surface area is 169 Å². The van der Waals surface area contributed by atoms with E-state index in [-0.39, 0.29) is 34.6 Å². The molecule has 0 radical (unpaired) electrons. The molecule has 1 aliphatic heterocycles. The minimum Gasteiger partial charge on any atom is -0.495 e. The third-order valence-corrected chi connectivity index (χ3v) is 5.95. The number of ether oxygens (including phenoxy) is 2. The lowest BCUT2D eigenvalue weighted by Crippen LogP contribution is -2.16. The highest BCUT2D eigenvalue weighted by molar-refractivity contribution is 7.92. The molecule has 0 spiro atoms. The first-order valence-electron chi connectivity index (χ1n) is 9.08. The number of amides is 1. The lowest BCUT2D eigenvalue weighted by molar-refractivity contribution is -0.119. The van der Waals surface area contributed by atoms with Crippen LogP contribution in [0.3, 0.4) is 0 Å². The molecule has 1 unspecified atom stereocenters. The van der Waals surface area contributed by atoms with Gasteiger partial charge in [-0.15, -0.1) is 0 Å². The average Bonchev–Trinajstić information content (AvgIpc) is 3.14. The van der Waals surface area contributed by atoms with E-state index in [1.807, 2.05) is 6.07 Å². The van der Waals surface area contributed by atoms with Gasteiger partial charge in [-0.2, -0.15) is 0 Å². The van der Waals surface area contributed by atoms with Gasteiger partial charge in [-0.1, -0.05) is 12.1 Å². The van der Waals surface area contributed by atoms with Crippen LogP contribution in [0.1, 0.15) is 35.2 Å². The molecular weight excluding hydrogens is 396 g/mol. The third kappa shape index (κ3) is 4.68. The van der Waals surface area contributed by atoms with Crippen molar-refractivity contribution < 1.29 is 27.5 Å². The zero-order chi connectivity index (χ0) is 21.0. The van der Waals surface area contributed by atoms with Crippen molar-refractivity contribution in [3.8, 4) is 5.75 Å². The number of rotatable bonds is 7. The van der Waals surface area contributed by atoms with Crippen LogP contribution in [0.5, 0.6) is 5.75 Å². The first-order valence-corrected chi connectivity index (χ1v) is 10.6. The zero-order valence-electron chi connectivity index (χ0n) is 16.1. The summed E-state index contributed by atoms with van der Waals surface area (Å²) in [6, 6.07) is 11.0. The molecule has 1 fully saturated rings. The number of sulfonamides is 1. The quantitative estimate of drug-likeness (QED) is 0.668. The molecule has 2 aromatic carbocycles. The van der Waals surface area contributed by atoms with E-state index < -0.39 is 16.0 Å². The first-order chi connectivity index (χ1) is 13.8. The van der Waals surface area contributed by atoms with Gasteiger partial charge in [0.05, 0.1) is 19.3 Å². The normalized spacial score (nSPS) is 16.2. The molecule has 0 aromatic heterocycles. The van der Waals surface area contributed by atoms with Gasteiger partial charge in [0.15, 0.2) is 0 Å². The minimum absolute atomic E-state index is 0.00590. The molecule has 154 valence electrons. The number of anilines is 1. The van der Waals surface area contributed by atoms with Gasteiger partial charge in [0.2, 0.25) is 5.91 Å². The Hall–Kier alpha value is -3.07. The van der Waals surface area contributed by atoms with Crippen LogP contribution in [-0.2, 0) is 19.6 Å². The Morgan fingerprint density at radius 1 is 1.24 bits per heavy atom. The molecule has 1 amide bonds. The van der Waals surface area contributed by atoms with Crippen molar-refractivity contribution in [1.82, 2.24) is 5.32 Å². The van der Waals surface area contributed by atoms with Crippen LogP contribution in [-0.4, -0.2) is 40.6 Å². The summed E-state index contributed by atoms with van der Waals surface area (Å²) in [6.45, 7) is 2.36. The van der Waals surface area contributed by atoms with Crippen molar-refractivity contribution in [2.75, 3.05) is 25.0 Å². The summed E-state index contributed by atoms with van der Waals surface area (Å²) < 4.78 is 38.6. The van der Waals surface area contributed by atoms with Crippen molar-refractivity contribution >= 4 is 27.6 Å². The fourth-order valence-corrected chi connectivity index (χ4v) is 4.38. The number of esters is 1. The summed E-state index contributed by atoms with van der Waals surface area (Å²) in [4.78, 5) is 23.3. The smallest absolute Gasteiger partial charge is 0.338 e. The maximum absolute atomic E-state index is 13.0. The molecule has 1 aliphatic rings. The van der Waals surface area contributed by atoms with Crippen molar-refractivity contribution in [2.24, 2.45) is 0 Å². The first kappa shape index (κ1) is 20.7. The SMILES string of the molecule is CCOC(=O)c1ccc(OC)c(S(=O)(=O)Nc2cccc(C3CNC(=O)C3)c2)c1. The Bertz CT molecular complexity index is 1040.